The standard InChI is InChI=1S/C19H22B.C8H14/c1-3-16-8-10-18(11-9-16)14-19(20)13-12-17-6-4-15(2)5-7-17;1-7(2)8-5-3-4-6-8/h4-11H,3,12-14H2,1-2H3;8H,1,3-6H2,2H3. The molecule has 0 bridgehead atoms. The van der Waals surface area contributed by atoms with Gasteiger partial charge in [-0.15, -0.1) is 0 Å². The molecule has 0 atom stereocenters. The van der Waals surface area contributed by atoms with Crippen molar-refractivity contribution in [2.75, 3.05) is 0 Å². The second-order valence-electron chi connectivity index (χ2n) is 8.32. The third-order valence-corrected chi connectivity index (χ3v) is 5.77. The summed E-state index contributed by atoms with van der Waals surface area (Å²) in [4.78, 5) is 0. The van der Waals surface area contributed by atoms with Gasteiger partial charge in [0.1, 0.15) is 0 Å². The Morgan fingerprint density at radius 2 is 1.46 bits per heavy atom. The molecule has 147 valence electrons. The van der Waals surface area contributed by atoms with E-state index in [4.69, 9.17) is 7.49 Å². The van der Waals surface area contributed by atoms with Crippen LogP contribution in [0.3, 0.4) is 0 Å². The minimum atomic E-state index is 0.870. The zero-order chi connectivity index (χ0) is 20.4. The Bertz CT molecular complexity index is 731. The summed E-state index contributed by atoms with van der Waals surface area (Å²) in [6, 6.07) is 17.5. The summed E-state index contributed by atoms with van der Waals surface area (Å²) in [6.45, 7) is 10.4. The first kappa shape index (κ1) is 22.4. The molecule has 0 aromatic heterocycles. The van der Waals surface area contributed by atoms with E-state index < -0.39 is 0 Å². The summed E-state index contributed by atoms with van der Waals surface area (Å²) in [5, 5.41) is 0. The van der Waals surface area contributed by atoms with Crippen molar-refractivity contribution >= 4 is 13.0 Å². The summed E-state index contributed by atoms with van der Waals surface area (Å²) in [5.41, 5.74) is 7.81. The van der Waals surface area contributed by atoms with Gasteiger partial charge in [-0.2, -0.15) is 0 Å². The molecular formula is C27H36B. The van der Waals surface area contributed by atoms with Crippen LogP contribution in [0.4, 0.5) is 0 Å². The molecule has 0 spiro atoms. The molecule has 1 fully saturated rings. The van der Waals surface area contributed by atoms with Crippen molar-refractivity contribution in [3.8, 4) is 0 Å². The van der Waals surface area contributed by atoms with E-state index >= 15 is 0 Å². The molecule has 28 heavy (non-hydrogen) atoms. The number of benzene rings is 2. The average molecular weight is 371 g/mol. The Morgan fingerprint density at radius 1 is 0.929 bits per heavy atom. The van der Waals surface area contributed by atoms with Gasteiger partial charge in [0.25, 0.3) is 0 Å². The maximum absolute atomic E-state index is 6.17. The molecule has 1 saturated carbocycles. The number of allylic oxidation sites excluding steroid dienone is 1. The van der Waals surface area contributed by atoms with Crippen molar-refractivity contribution in [2.24, 2.45) is 5.92 Å². The Morgan fingerprint density at radius 3 is 1.96 bits per heavy atom. The van der Waals surface area contributed by atoms with Crippen LogP contribution in [0, 0.1) is 12.8 Å². The van der Waals surface area contributed by atoms with Crippen LogP contribution in [0.1, 0.15) is 68.2 Å². The molecule has 1 heteroatoms. The predicted octanol–water partition coefficient (Wildman–Crippen LogP) is 6.83. The van der Waals surface area contributed by atoms with Crippen LogP contribution in [0.2, 0.25) is 0 Å². The summed E-state index contributed by atoms with van der Waals surface area (Å²) in [6.07, 6.45) is 9.61. The van der Waals surface area contributed by atoms with E-state index in [-0.39, 0.29) is 0 Å². The zero-order valence-corrected chi connectivity index (χ0v) is 18.1. The molecule has 3 rings (SSSR count). The normalized spacial score (nSPS) is 13.6. The van der Waals surface area contributed by atoms with E-state index in [0.717, 1.165) is 37.1 Å². The molecule has 0 amide bonds. The molecule has 0 heterocycles. The van der Waals surface area contributed by atoms with Gasteiger partial charge >= 0.3 is 123 Å². The SMILES string of the molecule is C=C(C)C1CCCC1.[B]=C(CCc1ccc(C)cc1)Cc1ccc(CC)cc1. The quantitative estimate of drug-likeness (QED) is 0.370. The van der Waals surface area contributed by atoms with E-state index in [1.807, 2.05) is 0 Å². The van der Waals surface area contributed by atoms with Gasteiger partial charge in [-0.05, 0) is 25.7 Å². The molecule has 0 unspecified atom stereocenters. The van der Waals surface area contributed by atoms with Crippen LogP contribution < -0.4 is 0 Å². The first-order chi connectivity index (χ1) is 13.5. The fourth-order valence-electron chi connectivity index (χ4n) is 3.72. The van der Waals surface area contributed by atoms with Crippen LogP contribution in [-0.4, -0.2) is 13.0 Å². The van der Waals surface area contributed by atoms with Crippen LogP contribution in [0.15, 0.2) is 60.7 Å². The van der Waals surface area contributed by atoms with Gasteiger partial charge in [0.15, 0.2) is 0 Å². The van der Waals surface area contributed by atoms with Gasteiger partial charge in [-0.3, -0.25) is 0 Å². The Labute approximate surface area is 174 Å². The molecular weight excluding hydrogens is 335 g/mol. The first-order valence-corrected chi connectivity index (χ1v) is 10.9. The van der Waals surface area contributed by atoms with Crippen LogP contribution in [0.5, 0.6) is 0 Å². The van der Waals surface area contributed by atoms with Gasteiger partial charge in [0.2, 0.25) is 0 Å². The van der Waals surface area contributed by atoms with Crippen LogP contribution in [0.25, 0.3) is 0 Å². The van der Waals surface area contributed by atoms with Gasteiger partial charge in [-0.25, -0.2) is 0 Å². The number of hydrogen-bond donors (Lipinski definition) is 0. The zero-order valence-electron chi connectivity index (χ0n) is 18.1. The van der Waals surface area contributed by atoms with E-state index in [0.29, 0.717) is 0 Å². The van der Waals surface area contributed by atoms with Gasteiger partial charge in [0.05, 0.1) is 0 Å². The monoisotopic (exact) mass is 371 g/mol. The molecule has 0 N–H and O–H groups in total. The van der Waals surface area contributed by atoms with Crippen LogP contribution in [-0.2, 0) is 19.3 Å². The van der Waals surface area contributed by atoms with E-state index in [9.17, 15) is 0 Å². The van der Waals surface area contributed by atoms with Gasteiger partial charge in [0, 0.05) is 0 Å². The van der Waals surface area contributed by atoms with Gasteiger partial charge < -0.3 is 0 Å². The van der Waals surface area contributed by atoms with E-state index in [2.05, 4.69) is 75.9 Å². The summed E-state index contributed by atoms with van der Waals surface area (Å²) in [7, 11) is 6.17. The van der Waals surface area contributed by atoms with Crippen molar-refractivity contribution in [1.82, 2.24) is 0 Å². The molecule has 0 saturated heterocycles. The second-order valence-corrected chi connectivity index (χ2v) is 8.32. The first-order valence-electron chi connectivity index (χ1n) is 10.9. The van der Waals surface area contributed by atoms with Crippen molar-refractivity contribution in [2.45, 2.75) is 72.1 Å². The third kappa shape index (κ3) is 8.01. The topological polar surface area (TPSA) is 0 Å². The molecule has 2 aromatic rings. The maximum atomic E-state index is 6.17. The van der Waals surface area contributed by atoms with Crippen molar-refractivity contribution in [3.63, 3.8) is 0 Å². The molecule has 1 aliphatic carbocycles. The van der Waals surface area contributed by atoms with E-state index in [1.165, 1.54) is 53.5 Å². The minimum absolute atomic E-state index is 0.870. The molecule has 1 radical (unpaired) electrons. The Balaban J connectivity index is 0.000000292. The summed E-state index contributed by atoms with van der Waals surface area (Å²) >= 11 is 0. The molecule has 0 nitrogen and oxygen atoms in total. The Kier molecular flexibility index (Phi) is 9.48. The van der Waals surface area contributed by atoms with Crippen LogP contribution >= 0.6 is 0 Å². The number of rotatable bonds is 7. The Hall–Kier alpha value is -1.89. The fraction of sp³-hybridized carbons (Fsp3) is 0.444. The van der Waals surface area contributed by atoms with Crippen molar-refractivity contribution in [1.29, 1.82) is 0 Å². The third-order valence-electron chi connectivity index (χ3n) is 5.77. The van der Waals surface area contributed by atoms with E-state index in [1.54, 1.807) is 0 Å². The fourth-order valence-corrected chi connectivity index (χ4v) is 3.72. The van der Waals surface area contributed by atoms with Gasteiger partial charge in [-0.1, -0.05) is 25.0 Å². The molecule has 0 aliphatic heterocycles. The average Bonchev–Trinajstić information content (AvgIpc) is 3.24. The van der Waals surface area contributed by atoms with Crippen molar-refractivity contribution < 1.29 is 0 Å². The summed E-state index contributed by atoms with van der Waals surface area (Å²) in [5.74, 6) is 0.870. The molecule has 1 aliphatic rings. The van der Waals surface area contributed by atoms with Crippen molar-refractivity contribution in [3.05, 3.63) is 82.9 Å². The second kappa shape index (κ2) is 11.8. The number of hydrogen-bond acceptors (Lipinski definition) is 0. The molecule has 2 aromatic carbocycles. The number of aryl methyl sites for hydroxylation is 3. The summed E-state index contributed by atoms with van der Waals surface area (Å²) < 4.78 is 0. The predicted molar refractivity (Wildman–Crippen MR) is 127 cm³/mol.